The Balaban J connectivity index is 2.29. The van der Waals surface area contributed by atoms with Crippen molar-refractivity contribution in [3.8, 4) is 23.4 Å². The molecule has 0 bridgehead atoms. The van der Waals surface area contributed by atoms with Gasteiger partial charge < -0.3 is 15.2 Å². The molecule has 1 heterocycles. The molecule has 0 aliphatic carbocycles. The minimum absolute atomic E-state index is 0.141. The molecule has 2 aromatic rings. The number of hydrogen-bond acceptors (Lipinski definition) is 5. The number of hydrogen-bond donors (Lipinski definition) is 1. The summed E-state index contributed by atoms with van der Waals surface area (Å²) >= 11 is 3.37. The molecule has 19 heavy (non-hydrogen) atoms. The van der Waals surface area contributed by atoms with Gasteiger partial charge in [0.2, 0.25) is 5.88 Å². The Kier molecular flexibility index (Phi) is 3.88. The van der Waals surface area contributed by atoms with Crippen molar-refractivity contribution in [2.75, 3.05) is 12.8 Å². The molecular weight excluding hydrogens is 310 g/mol. The minimum atomic E-state index is 0.141. The summed E-state index contributed by atoms with van der Waals surface area (Å²) in [6.45, 7) is 0. The summed E-state index contributed by atoms with van der Waals surface area (Å²) in [4.78, 5) is 4.01. The van der Waals surface area contributed by atoms with Crippen molar-refractivity contribution in [2.45, 2.75) is 0 Å². The number of pyridine rings is 1. The van der Waals surface area contributed by atoms with E-state index in [1.165, 1.54) is 0 Å². The van der Waals surface area contributed by atoms with E-state index in [0.717, 1.165) is 4.47 Å². The number of anilines is 1. The smallest absolute Gasteiger partial charge is 0.220 e. The molecule has 0 unspecified atom stereocenters. The van der Waals surface area contributed by atoms with Gasteiger partial charge in [-0.2, -0.15) is 5.26 Å². The molecule has 0 radical (unpaired) electrons. The van der Waals surface area contributed by atoms with E-state index in [0.29, 0.717) is 23.1 Å². The summed E-state index contributed by atoms with van der Waals surface area (Å²) in [6, 6.07) is 10.4. The third-order valence-corrected chi connectivity index (χ3v) is 2.98. The molecule has 1 aromatic heterocycles. The lowest BCUT2D eigenvalue weighted by atomic mass is 10.3. The quantitative estimate of drug-likeness (QED) is 0.940. The average Bonchev–Trinajstić information content (AvgIpc) is 2.43. The first-order valence-electron chi connectivity index (χ1n) is 5.32. The van der Waals surface area contributed by atoms with Crippen molar-refractivity contribution in [3.05, 3.63) is 40.5 Å². The lowest BCUT2D eigenvalue weighted by Gasteiger charge is -2.09. The molecule has 0 saturated carbocycles. The van der Waals surface area contributed by atoms with E-state index < -0.39 is 0 Å². The van der Waals surface area contributed by atoms with Gasteiger partial charge in [0, 0.05) is 6.07 Å². The second-order valence-corrected chi connectivity index (χ2v) is 4.45. The van der Waals surface area contributed by atoms with Gasteiger partial charge >= 0.3 is 0 Å². The second kappa shape index (κ2) is 5.59. The molecule has 0 fully saturated rings. The number of ether oxygens (including phenoxy) is 2. The van der Waals surface area contributed by atoms with Crippen molar-refractivity contribution in [1.29, 1.82) is 5.26 Å². The molecule has 0 saturated heterocycles. The Morgan fingerprint density at radius 3 is 2.74 bits per heavy atom. The summed E-state index contributed by atoms with van der Waals surface area (Å²) < 4.78 is 11.4. The number of nitrogen functional groups attached to an aromatic ring is 1. The van der Waals surface area contributed by atoms with Crippen molar-refractivity contribution >= 4 is 21.6 Å². The molecule has 0 aliphatic heterocycles. The van der Waals surface area contributed by atoms with Gasteiger partial charge in [0.25, 0.3) is 0 Å². The van der Waals surface area contributed by atoms with E-state index in [-0.39, 0.29) is 5.69 Å². The van der Waals surface area contributed by atoms with E-state index >= 15 is 0 Å². The zero-order valence-electron chi connectivity index (χ0n) is 10.1. The maximum Gasteiger partial charge on any atom is 0.220 e. The maximum atomic E-state index is 8.86. The SMILES string of the molecule is COc1ccc(Oc2ccc(N)c(C#N)n2)c(Br)c1. The normalized spacial score (nSPS) is 9.74. The van der Waals surface area contributed by atoms with Crippen LogP contribution in [0.5, 0.6) is 17.4 Å². The highest BCUT2D eigenvalue weighted by atomic mass is 79.9. The molecule has 0 aliphatic rings. The highest BCUT2D eigenvalue weighted by Crippen LogP contribution is 2.32. The fourth-order valence-corrected chi connectivity index (χ4v) is 1.84. The molecule has 96 valence electrons. The molecule has 0 atom stereocenters. The fourth-order valence-electron chi connectivity index (χ4n) is 1.40. The van der Waals surface area contributed by atoms with E-state index in [2.05, 4.69) is 20.9 Å². The molecule has 2 rings (SSSR count). The van der Waals surface area contributed by atoms with E-state index in [1.807, 2.05) is 6.07 Å². The maximum absolute atomic E-state index is 8.86. The van der Waals surface area contributed by atoms with Crippen LogP contribution in [0.25, 0.3) is 0 Å². The van der Waals surface area contributed by atoms with Gasteiger partial charge in [0.1, 0.15) is 17.6 Å². The predicted octanol–water partition coefficient (Wildman–Crippen LogP) is 3.10. The number of halogens is 1. The van der Waals surface area contributed by atoms with Crippen molar-refractivity contribution in [1.82, 2.24) is 4.98 Å². The van der Waals surface area contributed by atoms with Crippen molar-refractivity contribution in [2.24, 2.45) is 0 Å². The van der Waals surface area contributed by atoms with Crippen LogP contribution in [-0.2, 0) is 0 Å². The van der Waals surface area contributed by atoms with Gasteiger partial charge in [0.15, 0.2) is 5.69 Å². The van der Waals surface area contributed by atoms with Crippen LogP contribution < -0.4 is 15.2 Å². The van der Waals surface area contributed by atoms with E-state index in [4.69, 9.17) is 20.5 Å². The number of nitrogens with two attached hydrogens (primary N) is 1. The van der Waals surface area contributed by atoms with Gasteiger partial charge in [-0.05, 0) is 40.2 Å². The van der Waals surface area contributed by atoms with Crippen molar-refractivity contribution in [3.63, 3.8) is 0 Å². The first-order valence-corrected chi connectivity index (χ1v) is 6.11. The number of benzene rings is 1. The highest BCUT2D eigenvalue weighted by molar-refractivity contribution is 9.10. The largest absolute Gasteiger partial charge is 0.497 e. The first-order chi connectivity index (χ1) is 9.13. The van der Waals surface area contributed by atoms with Gasteiger partial charge in [-0.3, -0.25) is 0 Å². The zero-order valence-corrected chi connectivity index (χ0v) is 11.6. The Morgan fingerprint density at radius 2 is 2.11 bits per heavy atom. The van der Waals surface area contributed by atoms with Crippen molar-refractivity contribution < 1.29 is 9.47 Å². The number of nitrogens with zero attached hydrogens (tertiary/aromatic N) is 2. The first kappa shape index (κ1) is 13.2. The van der Waals surface area contributed by atoms with Crippen LogP contribution in [0.3, 0.4) is 0 Å². The molecule has 5 nitrogen and oxygen atoms in total. The predicted molar refractivity (Wildman–Crippen MR) is 74.1 cm³/mol. The Hall–Kier alpha value is -2.26. The topological polar surface area (TPSA) is 81.2 Å². The summed E-state index contributed by atoms with van der Waals surface area (Å²) in [5.74, 6) is 1.58. The van der Waals surface area contributed by atoms with Gasteiger partial charge in [-0.15, -0.1) is 0 Å². The lowest BCUT2D eigenvalue weighted by Crippen LogP contribution is -1.96. The van der Waals surface area contributed by atoms with Crippen LogP contribution >= 0.6 is 15.9 Å². The Bertz CT molecular complexity index is 653. The molecule has 0 spiro atoms. The second-order valence-electron chi connectivity index (χ2n) is 3.60. The molecular formula is C13H10BrN3O2. The molecule has 2 N–H and O–H groups in total. The van der Waals surface area contributed by atoms with Crippen LogP contribution in [-0.4, -0.2) is 12.1 Å². The van der Waals surface area contributed by atoms with Crippen LogP contribution in [0.15, 0.2) is 34.8 Å². The third-order valence-electron chi connectivity index (χ3n) is 2.36. The van der Waals surface area contributed by atoms with Crippen LogP contribution in [0.1, 0.15) is 5.69 Å². The number of methoxy groups -OCH3 is 1. The van der Waals surface area contributed by atoms with E-state index in [9.17, 15) is 0 Å². The van der Waals surface area contributed by atoms with Gasteiger partial charge in [-0.1, -0.05) is 0 Å². The van der Waals surface area contributed by atoms with Gasteiger partial charge in [-0.25, -0.2) is 4.98 Å². The monoisotopic (exact) mass is 319 g/mol. The number of nitriles is 1. The fraction of sp³-hybridized carbons (Fsp3) is 0.0769. The Morgan fingerprint density at radius 1 is 1.32 bits per heavy atom. The summed E-state index contributed by atoms with van der Waals surface area (Å²) in [6.07, 6.45) is 0. The summed E-state index contributed by atoms with van der Waals surface area (Å²) in [5.41, 5.74) is 6.06. The van der Waals surface area contributed by atoms with Crippen LogP contribution in [0.2, 0.25) is 0 Å². The highest BCUT2D eigenvalue weighted by Gasteiger charge is 2.07. The van der Waals surface area contributed by atoms with Crippen LogP contribution in [0.4, 0.5) is 5.69 Å². The standard InChI is InChI=1S/C13H10BrN3O2/c1-18-8-2-4-12(9(14)6-8)19-13-5-3-10(16)11(7-15)17-13/h2-6H,16H2,1H3. The summed E-state index contributed by atoms with van der Waals surface area (Å²) in [7, 11) is 1.59. The van der Waals surface area contributed by atoms with Crippen LogP contribution in [0, 0.1) is 11.3 Å². The Labute approximate surface area is 118 Å². The third kappa shape index (κ3) is 2.95. The molecule has 6 heteroatoms. The molecule has 0 amide bonds. The lowest BCUT2D eigenvalue weighted by molar-refractivity contribution is 0.411. The average molecular weight is 320 g/mol. The van der Waals surface area contributed by atoms with E-state index in [1.54, 1.807) is 37.4 Å². The minimum Gasteiger partial charge on any atom is -0.497 e. The summed E-state index contributed by atoms with van der Waals surface area (Å²) in [5, 5.41) is 8.86. The zero-order chi connectivity index (χ0) is 13.8. The van der Waals surface area contributed by atoms with Gasteiger partial charge in [0.05, 0.1) is 17.3 Å². The molecule has 1 aromatic carbocycles. The number of aromatic nitrogens is 1. The number of rotatable bonds is 3.